The lowest BCUT2D eigenvalue weighted by Gasteiger charge is -2.41. The molecule has 0 unspecified atom stereocenters. The highest BCUT2D eigenvalue weighted by Gasteiger charge is 2.34. The molecule has 0 bridgehead atoms. The molecular weight excluding hydrogens is 292 g/mol. The molecule has 0 atom stereocenters. The second kappa shape index (κ2) is 5.87. The van der Waals surface area contributed by atoms with Crippen molar-refractivity contribution in [3.8, 4) is 0 Å². The summed E-state index contributed by atoms with van der Waals surface area (Å²) in [6.07, 6.45) is 6.87. The summed E-state index contributed by atoms with van der Waals surface area (Å²) in [6.45, 7) is 6.20. The van der Waals surface area contributed by atoms with Gasteiger partial charge in [0.25, 0.3) is 0 Å². The Balaban J connectivity index is 2.02. The van der Waals surface area contributed by atoms with Crippen molar-refractivity contribution in [1.82, 2.24) is 9.97 Å². The molecule has 0 aromatic carbocycles. The first-order valence-corrected chi connectivity index (χ1v) is 7.48. The molecular formula is C13H21BrN4. The summed E-state index contributed by atoms with van der Waals surface area (Å²) in [7, 11) is 0. The van der Waals surface area contributed by atoms with Crippen LogP contribution in [0.3, 0.4) is 0 Å². The van der Waals surface area contributed by atoms with Crippen LogP contribution in [0.2, 0.25) is 0 Å². The minimum absolute atomic E-state index is 0.489. The predicted octanol–water partition coefficient (Wildman–Crippen LogP) is 3.66. The third-order valence-corrected chi connectivity index (χ3v) is 4.68. The fourth-order valence-electron chi connectivity index (χ4n) is 2.39. The van der Waals surface area contributed by atoms with Gasteiger partial charge in [-0.15, -0.1) is 0 Å². The molecule has 1 fully saturated rings. The third kappa shape index (κ3) is 2.76. The molecule has 1 saturated carbocycles. The summed E-state index contributed by atoms with van der Waals surface area (Å²) >= 11 is 3.56. The highest BCUT2D eigenvalue weighted by Crippen LogP contribution is 2.44. The average molecular weight is 313 g/mol. The number of hydrogen-bond donors (Lipinski definition) is 2. The van der Waals surface area contributed by atoms with E-state index in [4.69, 9.17) is 0 Å². The van der Waals surface area contributed by atoms with Gasteiger partial charge in [-0.2, -0.15) is 0 Å². The van der Waals surface area contributed by atoms with Gasteiger partial charge in [0.15, 0.2) is 0 Å². The summed E-state index contributed by atoms with van der Waals surface area (Å²) in [5, 5.41) is 6.68. The van der Waals surface area contributed by atoms with Gasteiger partial charge in [0, 0.05) is 13.1 Å². The van der Waals surface area contributed by atoms with Gasteiger partial charge in [-0.25, -0.2) is 9.97 Å². The van der Waals surface area contributed by atoms with Crippen LogP contribution in [0.4, 0.5) is 11.6 Å². The van der Waals surface area contributed by atoms with Crippen molar-refractivity contribution < 1.29 is 0 Å². The lowest BCUT2D eigenvalue weighted by molar-refractivity contribution is 0.145. The maximum atomic E-state index is 4.31. The molecule has 18 heavy (non-hydrogen) atoms. The van der Waals surface area contributed by atoms with E-state index in [0.29, 0.717) is 5.41 Å². The van der Waals surface area contributed by atoms with Crippen molar-refractivity contribution >= 4 is 27.6 Å². The molecule has 0 radical (unpaired) electrons. The second-order valence-electron chi connectivity index (χ2n) is 4.98. The Kier molecular flexibility index (Phi) is 4.43. The van der Waals surface area contributed by atoms with Crippen molar-refractivity contribution in [2.45, 2.75) is 39.5 Å². The maximum absolute atomic E-state index is 4.31. The molecule has 2 rings (SSSR count). The fraction of sp³-hybridized carbons (Fsp3) is 0.692. The van der Waals surface area contributed by atoms with E-state index in [1.807, 2.05) is 0 Å². The third-order valence-electron chi connectivity index (χ3n) is 3.93. The van der Waals surface area contributed by atoms with Crippen molar-refractivity contribution in [3.05, 3.63) is 10.8 Å². The zero-order valence-corrected chi connectivity index (χ0v) is 12.7. The molecule has 0 saturated heterocycles. The smallest absolute Gasteiger partial charge is 0.145 e. The zero-order chi connectivity index (χ0) is 13.0. The van der Waals surface area contributed by atoms with Gasteiger partial charge in [-0.05, 0) is 47.5 Å². The van der Waals surface area contributed by atoms with Crippen molar-refractivity contribution in [3.63, 3.8) is 0 Å². The number of rotatable bonds is 6. The monoisotopic (exact) mass is 312 g/mol. The summed E-state index contributed by atoms with van der Waals surface area (Å²) < 4.78 is 0.928. The second-order valence-corrected chi connectivity index (χ2v) is 5.77. The molecule has 0 aliphatic heterocycles. The maximum Gasteiger partial charge on any atom is 0.145 e. The van der Waals surface area contributed by atoms with E-state index >= 15 is 0 Å². The lowest BCUT2D eigenvalue weighted by Crippen LogP contribution is -2.36. The number of aromatic nitrogens is 2. The number of nitrogens with one attached hydrogen (secondary N) is 2. The van der Waals surface area contributed by atoms with E-state index in [2.05, 4.69) is 50.4 Å². The molecule has 1 aliphatic rings. The first-order chi connectivity index (χ1) is 8.71. The van der Waals surface area contributed by atoms with Gasteiger partial charge in [0.1, 0.15) is 22.4 Å². The Bertz CT molecular complexity index is 398. The van der Waals surface area contributed by atoms with Crippen LogP contribution in [-0.4, -0.2) is 23.1 Å². The largest absolute Gasteiger partial charge is 0.369 e. The molecule has 1 aromatic rings. The topological polar surface area (TPSA) is 49.8 Å². The molecule has 0 amide bonds. The highest BCUT2D eigenvalue weighted by atomic mass is 79.9. The van der Waals surface area contributed by atoms with Crippen LogP contribution in [0, 0.1) is 5.41 Å². The SMILES string of the molecule is CCNc1ncnc(NCC2(CC)CCC2)c1Br. The number of halogens is 1. The van der Waals surface area contributed by atoms with E-state index in [9.17, 15) is 0 Å². The predicted molar refractivity (Wildman–Crippen MR) is 79.0 cm³/mol. The first-order valence-electron chi connectivity index (χ1n) is 6.69. The molecule has 100 valence electrons. The van der Waals surface area contributed by atoms with Crippen molar-refractivity contribution in [1.29, 1.82) is 0 Å². The van der Waals surface area contributed by atoms with E-state index in [1.165, 1.54) is 25.7 Å². The summed E-state index contributed by atoms with van der Waals surface area (Å²) in [4.78, 5) is 8.53. The molecule has 4 nitrogen and oxygen atoms in total. The fourth-order valence-corrected chi connectivity index (χ4v) is 2.87. The van der Waals surface area contributed by atoms with Gasteiger partial charge in [-0.3, -0.25) is 0 Å². The van der Waals surface area contributed by atoms with Crippen LogP contribution >= 0.6 is 15.9 Å². The molecule has 0 spiro atoms. The summed E-state index contributed by atoms with van der Waals surface area (Å²) in [5.74, 6) is 1.75. The summed E-state index contributed by atoms with van der Waals surface area (Å²) in [6, 6.07) is 0. The average Bonchev–Trinajstić information content (AvgIpc) is 2.33. The molecule has 1 aromatic heterocycles. The molecule has 1 heterocycles. The number of anilines is 2. The Morgan fingerprint density at radius 1 is 1.22 bits per heavy atom. The molecule has 1 aliphatic carbocycles. The van der Waals surface area contributed by atoms with Crippen LogP contribution in [0.15, 0.2) is 10.8 Å². The van der Waals surface area contributed by atoms with Crippen LogP contribution in [-0.2, 0) is 0 Å². The normalized spacial score (nSPS) is 17.1. The quantitative estimate of drug-likeness (QED) is 0.841. The van der Waals surface area contributed by atoms with E-state index in [-0.39, 0.29) is 0 Å². The number of hydrogen-bond acceptors (Lipinski definition) is 4. The van der Waals surface area contributed by atoms with E-state index in [1.54, 1.807) is 6.33 Å². The lowest BCUT2D eigenvalue weighted by atomic mass is 9.67. The molecule has 5 heteroatoms. The van der Waals surface area contributed by atoms with E-state index < -0.39 is 0 Å². The van der Waals surface area contributed by atoms with Gasteiger partial charge in [-0.1, -0.05) is 13.3 Å². The van der Waals surface area contributed by atoms with Crippen LogP contribution < -0.4 is 10.6 Å². The Morgan fingerprint density at radius 2 is 1.89 bits per heavy atom. The first kappa shape index (κ1) is 13.6. The van der Waals surface area contributed by atoms with Crippen LogP contribution in [0.1, 0.15) is 39.5 Å². The van der Waals surface area contributed by atoms with Gasteiger partial charge in [0.05, 0.1) is 0 Å². The van der Waals surface area contributed by atoms with Crippen molar-refractivity contribution in [2.24, 2.45) is 5.41 Å². The summed E-state index contributed by atoms with van der Waals surface area (Å²) in [5.41, 5.74) is 0.489. The van der Waals surface area contributed by atoms with Crippen LogP contribution in [0.25, 0.3) is 0 Å². The van der Waals surface area contributed by atoms with Gasteiger partial charge < -0.3 is 10.6 Å². The number of nitrogens with zero attached hydrogens (tertiary/aromatic N) is 2. The van der Waals surface area contributed by atoms with Crippen LogP contribution in [0.5, 0.6) is 0 Å². The Hall–Kier alpha value is -0.840. The Morgan fingerprint density at radius 3 is 2.39 bits per heavy atom. The standard InChI is InChI=1S/C13H21BrN4/c1-3-13(6-5-7-13)8-16-12-10(14)11(15-4-2)17-9-18-12/h9H,3-8H2,1-2H3,(H2,15,16,17,18). The Labute approximate surface area is 117 Å². The van der Waals surface area contributed by atoms with Gasteiger partial charge in [0.2, 0.25) is 0 Å². The molecule has 2 N–H and O–H groups in total. The zero-order valence-electron chi connectivity index (χ0n) is 11.1. The highest BCUT2D eigenvalue weighted by molar-refractivity contribution is 9.10. The van der Waals surface area contributed by atoms with Crippen molar-refractivity contribution in [2.75, 3.05) is 23.7 Å². The minimum atomic E-state index is 0.489. The van der Waals surface area contributed by atoms with E-state index in [0.717, 1.165) is 29.2 Å². The van der Waals surface area contributed by atoms with Gasteiger partial charge >= 0.3 is 0 Å². The minimum Gasteiger partial charge on any atom is -0.369 e.